The summed E-state index contributed by atoms with van der Waals surface area (Å²) < 4.78 is 27.4. The van der Waals surface area contributed by atoms with Crippen molar-refractivity contribution in [1.29, 1.82) is 0 Å². The summed E-state index contributed by atoms with van der Waals surface area (Å²) in [6.45, 7) is 7.98. The Labute approximate surface area is 120 Å². The van der Waals surface area contributed by atoms with Gasteiger partial charge in [0.15, 0.2) is 0 Å². The third-order valence-electron chi connectivity index (χ3n) is 3.01. The number of nitrogens with one attached hydrogen (secondary N) is 1. The van der Waals surface area contributed by atoms with Crippen molar-refractivity contribution >= 4 is 22.0 Å². The molecule has 1 aliphatic heterocycles. The van der Waals surface area contributed by atoms with Crippen molar-refractivity contribution in [3.05, 3.63) is 24.3 Å². The minimum atomic E-state index is -3.52. The molecule has 0 atom stereocenters. The van der Waals surface area contributed by atoms with Crippen LogP contribution in [0.2, 0.25) is 0 Å². The molecule has 0 aliphatic carbocycles. The number of fused-ring (bicyclic) bond motifs is 1. The fraction of sp³-hybridized carbons (Fsp3) is 0.500. The molecule has 0 radical (unpaired) electrons. The molecule has 0 saturated heterocycles. The summed E-state index contributed by atoms with van der Waals surface area (Å²) in [5, 5.41) is 3.41. The molecule has 1 aromatic rings. The minimum Gasteiger partial charge on any atom is -0.330 e. The van der Waals surface area contributed by atoms with Crippen LogP contribution in [0, 0.1) is 0 Å². The number of nitrogens with zero attached hydrogens (tertiary/aromatic N) is 2. The van der Waals surface area contributed by atoms with E-state index in [0.29, 0.717) is 5.69 Å². The van der Waals surface area contributed by atoms with Gasteiger partial charge in [0.2, 0.25) is 0 Å². The summed E-state index contributed by atoms with van der Waals surface area (Å²) in [4.78, 5) is 2.17. The first-order valence-corrected chi connectivity index (χ1v) is 8.15. The van der Waals surface area contributed by atoms with Crippen molar-refractivity contribution in [2.24, 2.45) is 4.40 Å². The summed E-state index contributed by atoms with van der Waals surface area (Å²) in [6.07, 6.45) is 2.33. The monoisotopic (exact) mass is 295 g/mol. The van der Waals surface area contributed by atoms with E-state index in [0.717, 1.165) is 19.5 Å². The normalized spacial score (nSPS) is 17.1. The van der Waals surface area contributed by atoms with Crippen LogP contribution in [0.4, 0.5) is 5.69 Å². The van der Waals surface area contributed by atoms with Crippen LogP contribution < -0.4 is 10.2 Å². The molecule has 0 spiro atoms. The predicted molar refractivity (Wildman–Crippen MR) is 81.8 cm³/mol. The lowest BCUT2D eigenvalue weighted by Crippen LogP contribution is -2.38. The highest BCUT2D eigenvalue weighted by molar-refractivity contribution is 7.90. The number of benzene rings is 1. The van der Waals surface area contributed by atoms with E-state index in [-0.39, 0.29) is 10.4 Å². The second-order valence-electron chi connectivity index (χ2n) is 5.89. The van der Waals surface area contributed by atoms with E-state index >= 15 is 0 Å². The fourth-order valence-electron chi connectivity index (χ4n) is 2.04. The van der Waals surface area contributed by atoms with E-state index in [4.69, 9.17) is 0 Å². The fourth-order valence-corrected chi connectivity index (χ4v) is 3.09. The van der Waals surface area contributed by atoms with Crippen LogP contribution in [0.1, 0.15) is 27.2 Å². The summed E-state index contributed by atoms with van der Waals surface area (Å²) >= 11 is 0. The van der Waals surface area contributed by atoms with Gasteiger partial charge < -0.3 is 10.2 Å². The first-order chi connectivity index (χ1) is 9.30. The average Bonchev–Trinajstić information content (AvgIpc) is 2.36. The van der Waals surface area contributed by atoms with E-state index in [2.05, 4.69) is 30.5 Å². The van der Waals surface area contributed by atoms with Gasteiger partial charge in [-0.15, -0.1) is 4.40 Å². The van der Waals surface area contributed by atoms with Crippen LogP contribution in [-0.4, -0.2) is 33.4 Å². The Kier molecular flexibility index (Phi) is 4.15. The standard InChI is InChI=1S/C14H21N3O2S/c1-14(2,3)15-9-6-10-17-11-16-20(18,19)13-8-5-4-7-12(13)17/h4-5,7-8,11,15H,6,9-10H2,1-3H3. The summed E-state index contributed by atoms with van der Waals surface area (Å²) in [5.41, 5.74) is 0.801. The van der Waals surface area contributed by atoms with Gasteiger partial charge in [-0.05, 0) is 45.9 Å². The zero-order valence-corrected chi connectivity index (χ0v) is 12.9. The number of sulfonamides is 1. The first kappa shape index (κ1) is 15.0. The van der Waals surface area contributed by atoms with E-state index < -0.39 is 10.0 Å². The van der Waals surface area contributed by atoms with Crippen molar-refractivity contribution in [3.8, 4) is 0 Å². The van der Waals surface area contributed by atoms with Crippen molar-refractivity contribution < 1.29 is 8.42 Å². The van der Waals surface area contributed by atoms with Crippen molar-refractivity contribution in [1.82, 2.24) is 5.32 Å². The Balaban J connectivity index is 2.04. The summed E-state index contributed by atoms with van der Waals surface area (Å²) in [7, 11) is -3.52. The van der Waals surface area contributed by atoms with Gasteiger partial charge >= 0.3 is 0 Å². The van der Waals surface area contributed by atoms with Crippen LogP contribution >= 0.6 is 0 Å². The van der Waals surface area contributed by atoms with E-state index in [9.17, 15) is 8.42 Å². The number of hydrogen-bond acceptors (Lipinski definition) is 4. The molecule has 1 heterocycles. The molecule has 20 heavy (non-hydrogen) atoms. The maximum atomic E-state index is 11.8. The Morgan fingerprint density at radius 2 is 1.95 bits per heavy atom. The minimum absolute atomic E-state index is 0.0945. The van der Waals surface area contributed by atoms with Crippen LogP contribution in [-0.2, 0) is 10.0 Å². The Morgan fingerprint density at radius 1 is 1.25 bits per heavy atom. The quantitative estimate of drug-likeness (QED) is 0.863. The molecule has 0 amide bonds. The molecule has 5 nitrogen and oxygen atoms in total. The molecule has 0 saturated carbocycles. The lowest BCUT2D eigenvalue weighted by atomic mass is 10.1. The number of anilines is 1. The average molecular weight is 295 g/mol. The highest BCUT2D eigenvalue weighted by Gasteiger charge is 2.24. The molecule has 0 unspecified atom stereocenters. The second kappa shape index (κ2) is 5.54. The van der Waals surface area contributed by atoms with E-state index in [1.807, 2.05) is 17.0 Å². The molecule has 110 valence electrons. The molecule has 2 rings (SSSR count). The molecule has 1 N–H and O–H groups in total. The number of hydrogen-bond donors (Lipinski definition) is 1. The largest absolute Gasteiger partial charge is 0.330 e. The third kappa shape index (κ3) is 3.58. The van der Waals surface area contributed by atoms with Gasteiger partial charge in [0.25, 0.3) is 10.0 Å². The zero-order valence-electron chi connectivity index (χ0n) is 12.1. The predicted octanol–water partition coefficient (Wildman–Crippen LogP) is 2.00. The van der Waals surface area contributed by atoms with Gasteiger partial charge in [-0.25, -0.2) is 0 Å². The molecular weight excluding hydrogens is 274 g/mol. The van der Waals surface area contributed by atoms with Crippen LogP contribution in [0.5, 0.6) is 0 Å². The number of para-hydroxylation sites is 1. The van der Waals surface area contributed by atoms with Crippen molar-refractivity contribution in [2.45, 2.75) is 37.6 Å². The zero-order chi connectivity index (χ0) is 14.8. The molecule has 1 aromatic carbocycles. The Bertz CT molecular complexity index is 603. The first-order valence-electron chi connectivity index (χ1n) is 6.71. The van der Waals surface area contributed by atoms with Crippen molar-refractivity contribution in [2.75, 3.05) is 18.0 Å². The molecule has 1 aliphatic rings. The molecule has 6 heteroatoms. The molecular formula is C14H21N3O2S. The molecule has 0 aromatic heterocycles. The van der Waals surface area contributed by atoms with E-state index in [1.165, 1.54) is 6.34 Å². The van der Waals surface area contributed by atoms with Crippen molar-refractivity contribution in [3.63, 3.8) is 0 Å². The topological polar surface area (TPSA) is 61.8 Å². The molecule has 0 fully saturated rings. The SMILES string of the molecule is CC(C)(C)NCCCN1C=NS(=O)(=O)c2ccccc21. The van der Waals surface area contributed by atoms with Crippen LogP contribution in [0.25, 0.3) is 0 Å². The Morgan fingerprint density at radius 3 is 2.65 bits per heavy atom. The summed E-state index contributed by atoms with van der Waals surface area (Å²) in [5.74, 6) is 0. The Hall–Kier alpha value is -1.40. The van der Waals surface area contributed by atoms with Gasteiger partial charge in [-0.1, -0.05) is 12.1 Å². The lowest BCUT2D eigenvalue weighted by molar-refractivity contribution is 0.424. The van der Waals surface area contributed by atoms with Gasteiger partial charge in [-0.3, -0.25) is 0 Å². The van der Waals surface area contributed by atoms with E-state index in [1.54, 1.807) is 12.1 Å². The van der Waals surface area contributed by atoms with Crippen LogP contribution in [0.15, 0.2) is 33.6 Å². The van der Waals surface area contributed by atoms with Crippen LogP contribution in [0.3, 0.4) is 0 Å². The van der Waals surface area contributed by atoms with Gasteiger partial charge in [-0.2, -0.15) is 8.42 Å². The maximum absolute atomic E-state index is 11.8. The van der Waals surface area contributed by atoms with Gasteiger partial charge in [0, 0.05) is 12.1 Å². The smallest absolute Gasteiger partial charge is 0.285 e. The highest BCUT2D eigenvalue weighted by Crippen LogP contribution is 2.28. The second-order valence-corrected chi connectivity index (χ2v) is 7.49. The third-order valence-corrected chi connectivity index (χ3v) is 4.28. The maximum Gasteiger partial charge on any atom is 0.285 e. The highest BCUT2D eigenvalue weighted by atomic mass is 32.2. The van der Waals surface area contributed by atoms with Gasteiger partial charge in [0.1, 0.15) is 11.2 Å². The summed E-state index contributed by atoms with van der Waals surface area (Å²) in [6, 6.07) is 6.97. The lowest BCUT2D eigenvalue weighted by Gasteiger charge is -2.26. The number of rotatable bonds is 4. The van der Waals surface area contributed by atoms with Gasteiger partial charge in [0.05, 0.1) is 5.69 Å². The molecule has 0 bridgehead atoms.